The van der Waals surface area contributed by atoms with Crippen molar-refractivity contribution in [1.82, 2.24) is 5.32 Å². The molecule has 0 saturated heterocycles. The molecule has 0 heterocycles. The molecule has 0 aromatic carbocycles. The Hall–Kier alpha value is -1.10. The Kier molecular flexibility index (Phi) is 5.83. The van der Waals surface area contributed by atoms with Crippen LogP contribution < -0.4 is 5.32 Å². The van der Waals surface area contributed by atoms with Crippen LogP contribution in [0.1, 0.15) is 57.8 Å². The summed E-state index contributed by atoms with van der Waals surface area (Å²) in [6.45, 7) is 0.110. The highest BCUT2D eigenvalue weighted by molar-refractivity contribution is 5.77. The van der Waals surface area contributed by atoms with E-state index in [9.17, 15) is 9.59 Å². The van der Waals surface area contributed by atoms with E-state index in [0.717, 1.165) is 25.7 Å². The van der Waals surface area contributed by atoms with Gasteiger partial charge in [-0.1, -0.05) is 19.3 Å². The van der Waals surface area contributed by atoms with Crippen LogP contribution in [0.5, 0.6) is 0 Å². The minimum absolute atomic E-state index is 0.0303. The van der Waals surface area contributed by atoms with Gasteiger partial charge in [0.25, 0.3) is 0 Å². The lowest BCUT2D eigenvalue weighted by Crippen LogP contribution is -2.39. The first-order chi connectivity index (χ1) is 9.65. The highest BCUT2D eigenvalue weighted by Gasteiger charge is 2.26. The van der Waals surface area contributed by atoms with Gasteiger partial charge in [-0.15, -0.1) is 0 Å². The molecule has 0 spiro atoms. The number of amides is 1. The fourth-order valence-corrected chi connectivity index (χ4v) is 3.19. The average Bonchev–Trinajstić information content (AvgIpc) is 2.46. The summed E-state index contributed by atoms with van der Waals surface area (Å²) in [6.07, 6.45) is 8.68. The van der Waals surface area contributed by atoms with Crippen LogP contribution in [0.25, 0.3) is 0 Å². The lowest BCUT2D eigenvalue weighted by atomic mass is 9.87. The first-order valence-corrected chi connectivity index (χ1v) is 7.79. The zero-order valence-electron chi connectivity index (χ0n) is 12.0. The SMILES string of the molecule is O=C(COC1CCC(C(=O)O)CC1)NC1CCCCC1. The molecule has 5 nitrogen and oxygen atoms in total. The summed E-state index contributed by atoms with van der Waals surface area (Å²) >= 11 is 0. The molecule has 0 bridgehead atoms. The van der Waals surface area contributed by atoms with Gasteiger partial charge in [0.1, 0.15) is 6.61 Å². The Bertz CT molecular complexity index is 331. The van der Waals surface area contributed by atoms with Crippen molar-refractivity contribution in [3.63, 3.8) is 0 Å². The molecule has 2 saturated carbocycles. The topological polar surface area (TPSA) is 75.6 Å². The van der Waals surface area contributed by atoms with E-state index in [1.165, 1.54) is 19.3 Å². The summed E-state index contributed by atoms with van der Waals surface area (Å²) < 4.78 is 5.61. The zero-order chi connectivity index (χ0) is 14.4. The molecule has 0 unspecified atom stereocenters. The molecule has 2 aliphatic rings. The number of rotatable bonds is 5. The summed E-state index contributed by atoms with van der Waals surface area (Å²) in [7, 11) is 0. The van der Waals surface area contributed by atoms with Crippen LogP contribution in [0.4, 0.5) is 0 Å². The standard InChI is InChI=1S/C15H25NO4/c17-14(16-12-4-2-1-3-5-12)10-20-13-8-6-11(7-9-13)15(18)19/h11-13H,1-10H2,(H,16,17)(H,18,19). The number of carbonyl (C=O) groups is 2. The van der Waals surface area contributed by atoms with Gasteiger partial charge in [-0.3, -0.25) is 9.59 Å². The van der Waals surface area contributed by atoms with Gasteiger partial charge >= 0.3 is 5.97 Å². The van der Waals surface area contributed by atoms with E-state index in [4.69, 9.17) is 9.84 Å². The number of hydrogen-bond donors (Lipinski definition) is 2. The number of carboxylic acid groups (broad SMARTS) is 1. The average molecular weight is 283 g/mol. The van der Waals surface area contributed by atoms with Crippen LogP contribution >= 0.6 is 0 Å². The van der Waals surface area contributed by atoms with E-state index in [2.05, 4.69) is 5.32 Å². The Labute approximate surface area is 120 Å². The predicted octanol–water partition coefficient (Wildman–Crippen LogP) is 2.10. The number of carbonyl (C=O) groups excluding carboxylic acids is 1. The van der Waals surface area contributed by atoms with Crippen molar-refractivity contribution in [3.05, 3.63) is 0 Å². The summed E-state index contributed by atoms with van der Waals surface area (Å²) in [6, 6.07) is 0.322. The molecule has 2 N–H and O–H groups in total. The quantitative estimate of drug-likeness (QED) is 0.810. The number of nitrogens with one attached hydrogen (secondary N) is 1. The van der Waals surface area contributed by atoms with Gasteiger partial charge in [0, 0.05) is 6.04 Å². The lowest BCUT2D eigenvalue weighted by Gasteiger charge is -2.27. The molecule has 2 rings (SSSR count). The van der Waals surface area contributed by atoms with Crippen LogP contribution in [0.3, 0.4) is 0 Å². The maximum Gasteiger partial charge on any atom is 0.306 e. The van der Waals surface area contributed by atoms with E-state index in [1.54, 1.807) is 0 Å². The second-order valence-corrected chi connectivity index (χ2v) is 6.03. The third-order valence-electron chi connectivity index (χ3n) is 4.44. The third-order valence-corrected chi connectivity index (χ3v) is 4.44. The molecule has 20 heavy (non-hydrogen) atoms. The van der Waals surface area contributed by atoms with Crippen molar-refractivity contribution < 1.29 is 19.4 Å². The number of hydrogen-bond acceptors (Lipinski definition) is 3. The molecule has 1 amide bonds. The van der Waals surface area contributed by atoms with E-state index in [0.29, 0.717) is 18.9 Å². The lowest BCUT2D eigenvalue weighted by molar-refractivity contribution is -0.144. The van der Waals surface area contributed by atoms with Crippen LogP contribution in [0.2, 0.25) is 0 Å². The summed E-state index contributed by atoms with van der Waals surface area (Å²) in [4.78, 5) is 22.6. The maximum atomic E-state index is 11.8. The normalized spacial score (nSPS) is 28.0. The fourth-order valence-electron chi connectivity index (χ4n) is 3.19. The first-order valence-electron chi connectivity index (χ1n) is 7.79. The summed E-state index contributed by atoms with van der Waals surface area (Å²) in [5.41, 5.74) is 0. The monoisotopic (exact) mass is 283 g/mol. The molecule has 0 aromatic rings. The Balaban J connectivity index is 1.60. The van der Waals surface area contributed by atoms with Gasteiger partial charge in [-0.2, -0.15) is 0 Å². The highest BCUT2D eigenvalue weighted by Crippen LogP contribution is 2.26. The van der Waals surface area contributed by atoms with E-state index in [1.807, 2.05) is 0 Å². The molecule has 5 heteroatoms. The molecule has 2 fully saturated rings. The molecule has 0 aromatic heterocycles. The molecule has 0 radical (unpaired) electrons. The largest absolute Gasteiger partial charge is 0.481 e. The smallest absolute Gasteiger partial charge is 0.306 e. The summed E-state index contributed by atoms with van der Waals surface area (Å²) in [5.74, 6) is -0.971. The van der Waals surface area contributed by atoms with E-state index in [-0.39, 0.29) is 24.5 Å². The van der Waals surface area contributed by atoms with Crippen LogP contribution in [-0.2, 0) is 14.3 Å². The second-order valence-electron chi connectivity index (χ2n) is 6.03. The van der Waals surface area contributed by atoms with Gasteiger partial charge in [-0.05, 0) is 38.5 Å². The predicted molar refractivity (Wildman–Crippen MR) is 74.3 cm³/mol. The number of ether oxygens (including phenoxy) is 1. The first kappa shape index (κ1) is 15.3. The fraction of sp³-hybridized carbons (Fsp3) is 0.867. The van der Waals surface area contributed by atoms with Crippen molar-refractivity contribution in [1.29, 1.82) is 0 Å². The van der Waals surface area contributed by atoms with Crippen molar-refractivity contribution in [2.45, 2.75) is 69.9 Å². The number of carboxylic acids is 1. The highest BCUT2D eigenvalue weighted by atomic mass is 16.5. The third kappa shape index (κ3) is 4.78. The zero-order valence-corrected chi connectivity index (χ0v) is 12.0. The van der Waals surface area contributed by atoms with Gasteiger partial charge in [-0.25, -0.2) is 0 Å². The van der Waals surface area contributed by atoms with Gasteiger partial charge in [0.15, 0.2) is 0 Å². The Morgan fingerprint density at radius 1 is 1.00 bits per heavy atom. The summed E-state index contributed by atoms with van der Waals surface area (Å²) in [5, 5.41) is 11.9. The second kappa shape index (κ2) is 7.62. The van der Waals surface area contributed by atoms with Crippen molar-refractivity contribution >= 4 is 11.9 Å². The maximum absolute atomic E-state index is 11.8. The van der Waals surface area contributed by atoms with Crippen LogP contribution in [0.15, 0.2) is 0 Å². The van der Waals surface area contributed by atoms with Crippen molar-refractivity contribution in [3.8, 4) is 0 Å². The van der Waals surface area contributed by atoms with E-state index >= 15 is 0 Å². The molecular weight excluding hydrogens is 258 g/mol. The Morgan fingerprint density at radius 3 is 2.25 bits per heavy atom. The van der Waals surface area contributed by atoms with Gasteiger partial charge in [0.05, 0.1) is 12.0 Å². The Morgan fingerprint density at radius 2 is 1.65 bits per heavy atom. The molecule has 0 atom stereocenters. The van der Waals surface area contributed by atoms with Crippen LogP contribution in [0, 0.1) is 5.92 Å². The molecule has 2 aliphatic carbocycles. The van der Waals surface area contributed by atoms with Crippen molar-refractivity contribution in [2.75, 3.05) is 6.61 Å². The minimum Gasteiger partial charge on any atom is -0.481 e. The van der Waals surface area contributed by atoms with Gasteiger partial charge < -0.3 is 15.2 Å². The van der Waals surface area contributed by atoms with Crippen LogP contribution in [-0.4, -0.2) is 35.7 Å². The molecule has 0 aliphatic heterocycles. The van der Waals surface area contributed by atoms with Crippen molar-refractivity contribution in [2.24, 2.45) is 5.92 Å². The minimum atomic E-state index is -0.710. The van der Waals surface area contributed by atoms with E-state index < -0.39 is 5.97 Å². The van der Waals surface area contributed by atoms with Gasteiger partial charge in [0.2, 0.25) is 5.91 Å². The molecule has 114 valence electrons. The molecular formula is C15H25NO4. The number of aliphatic carboxylic acids is 1.